The number of halogens is 1. The lowest BCUT2D eigenvalue weighted by Gasteiger charge is -2.36. The molecule has 0 aromatic heterocycles. The molecule has 3 nitrogen and oxygen atoms in total. The van der Waals surface area contributed by atoms with Crippen LogP contribution in [0.25, 0.3) is 0 Å². The van der Waals surface area contributed by atoms with Gasteiger partial charge >= 0.3 is 0 Å². The van der Waals surface area contributed by atoms with E-state index in [1.165, 1.54) is 36.9 Å². The average molecular weight is 324 g/mol. The monoisotopic (exact) mass is 323 g/mol. The number of nitrogens with one attached hydrogen (secondary N) is 1. The summed E-state index contributed by atoms with van der Waals surface area (Å²) in [7, 11) is 4.11. The first-order valence-electron chi connectivity index (χ1n) is 8.55. The second kappa shape index (κ2) is 8.76. The van der Waals surface area contributed by atoms with Crippen molar-refractivity contribution in [2.75, 3.05) is 45.2 Å². The minimum atomic E-state index is 0.456. The fraction of sp³-hybridized carbons (Fsp3) is 0.667. The summed E-state index contributed by atoms with van der Waals surface area (Å²) < 4.78 is 0. The lowest BCUT2D eigenvalue weighted by molar-refractivity contribution is 0.163. The highest BCUT2D eigenvalue weighted by Gasteiger charge is 2.23. The van der Waals surface area contributed by atoms with Gasteiger partial charge in [0.2, 0.25) is 0 Å². The molecule has 1 aliphatic rings. The maximum atomic E-state index is 6.63. The molecule has 1 aromatic rings. The van der Waals surface area contributed by atoms with Crippen molar-refractivity contribution < 1.29 is 0 Å². The van der Waals surface area contributed by atoms with Crippen molar-refractivity contribution in [1.29, 1.82) is 0 Å². The first-order valence-corrected chi connectivity index (χ1v) is 8.92. The van der Waals surface area contributed by atoms with Crippen LogP contribution in [0, 0.1) is 0 Å². The first-order chi connectivity index (χ1) is 10.6. The number of unbranched alkanes of at least 4 members (excludes halogenated alkanes) is 2. The van der Waals surface area contributed by atoms with Gasteiger partial charge in [-0.25, -0.2) is 0 Å². The Labute approximate surface area is 140 Å². The van der Waals surface area contributed by atoms with Crippen molar-refractivity contribution in [3.63, 3.8) is 0 Å². The van der Waals surface area contributed by atoms with Crippen LogP contribution in [-0.4, -0.2) is 45.2 Å². The predicted molar refractivity (Wildman–Crippen MR) is 97.1 cm³/mol. The summed E-state index contributed by atoms with van der Waals surface area (Å²) in [4.78, 5) is 4.70. The third-order valence-electron chi connectivity index (χ3n) is 4.53. The summed E-state index contributed by atoms with van der Waals surface area (Å²) in [5.74, 6) is 0. The van der Waals surface area contributed by atoms with E-state index in [2.05, 4.69) is 54.3 Å². The van der Waals surface area contributed by atoms with Crippen molar-refractivity contribution >= 4 is 17.3 Å². The van der Waals surface area contributed by atoms with Crippen LogP contribution in [0.4, 0.5) is 5.69 Å². The summed E-state index contributed by atoms with van der Waals surface area (Å²) >= 11 is 6.63. The summed E-state index contributed by atoms with van der Waals surface area (Å²) in [5.41, 5.74) is 2.46. The normalized spacial score (nSPS) is 17.5. The molecule has 0 saturated carbocycles. The largest absolute Gasteiger partial charge is 0.378 e. The number of rotatable bonds is 7. The Morgan fingerprint density at radius 1 is 1.23 bits per heavy atom. The van der Waals surface area contributed by atoms with Gasteiger partial charge in [-0.15, -0.1) is 0 Å². The fourth-order valence-electron chi connectivity index (χ4n) is 3.18. The van der Waals surface area contributed by atoms with Crippen molar-refractivity contribution in [2.45, 2.75) is 38.6 Å². The minimum absolute atomic E-state index is 0.456. The van der Waals surface area contributed by atoms with Crippen LogP contribution in [0.1, 0.15) is 44.2 Å². The second-order valence-corrected chi connectivity index (χ2v) is 6.80. The molecule has 0 amide bonds. The van der Waals surface area contributed by atoms with Gasteiger partial charge < -0.3 is 10.2 Å². The van der Waals surface area contributed by atoms with Gasteiger partial charge in [-0.2, -0.15) is 0 Å². The smallest absolute Gasteiger partial charge is 0.0474 e. The zero-order valence-corrected chi connectivity index (χ0v) is 15.0. The Hall–Kier alpha value is -0.770. The van der Waals surface area contributed by atoms with E-state index in [1.807, 2.05) is 0 Å². The van der Waals surface area contributed by atoms with Crippen LogP contribution in [0.15, 0.2) is 18.2 Å². The van der Waals surface area contributed by atoms with E-state index in [0.29, 0.717) is 6.04 Å². The Balaban J connectivity index is 2.19. The van der Waals surface area contributed by atoms with E-state index in [9.17, 15) is 0 Å². The highest BCUT2D eigenvalue weighted by Crippen LogP contribution is 2.34. The summed E-state index contributed by atoms with van der Waals surface area (Å²) in [5, 5.41) is 4.35. The molecule has 0 spiro atoms. The molecular weight excluding hydrogens is 294 g/mol. The topological polar surface area (TPSA) is 18.5 Å². The highest BCUT2D eigenvalue weighted by molar-refractivity contribution is 6.31. The van der Waals surface area contributed by atoms with Crippen LogP contribution in [0.5, 0.6) is 0 Å². The van der Waals surface area contributed by atoms with Gasteiger partial charge in [0, 0.05) is 57.0 Å². The molecule has 1 atom stereocenters. The zero-order valence-electron chi connectivity index (χ0n) is 14.2. The molecule has 22 heavy (non-hydrogen) atoms. The van der Waals surface area contributed by atoms with Crippen LogP contribution in [-0.2, 0) is 0 Å². The van der Waals surface area contributed by atoms with E-state index in [-0.39, 0.29) is 0 Å². The Morgan fingerprint density at radius 2 is 1.95 bits per heavy atom. The van der Waals surface area contributed by atoms with Crippen molar-refractivity contribution in [3.8, 4) is 0 Å². The SMILES string of the molecule is CCCCC[C@@H](c1ccc(N(C)C)cc1Cl)N1CCNCC1. The van der Waals surface area contributed by atoms with E-state index in [1.54, 1.807) is 0 Å². The molecule has 0 radical (unpaired) electrons. The molecule has 0 bridgehead atoms. The van der Waals surface area contributed by atoms with Gasteiger partial charge in [0.05, 0.1) is 0 Å². The molecule has 0 unspecified atom stereocenters. The van der Waals surface area contributed by atoms with Gasteiger partial charge in [0.1, 0.15) is 0 Å². The lowest BCUT2D eigenvalue weighted by atomic mass is 9.97. The standard InChI is InChI=1S/C18H30ClN3/c1-4-5-6-7-18(22-12-10-20-11-13-22)16-9-8-15(21(2)3)14-17(16)19/h8-9,14,18,20H,4-7,10-13H2,1-3H3/t18-/m0/s1. The highest BCUT2D eigenvalue weighted by atomic mass is 35.5. The maximum absolute atomic E-state index is 6.63. The molecule has 2 rings (SSSR count). The molecule has 1 N–H and O–H groups in total. The Morgan fingerprint density at radius 3 is 2.55 bits per heavy atom. The molecular formula is C18H30ClN3. The van der Waals surface area contributed by atoms with Crippen LogP contribution >= 0.6 is 11.6 Å². The zero-order chi connectivity index (χ0) is 15.9. The predicted octanol–water partition coefficient (Wildman–Crippen LogP) is 3.93. The van der Waals surface area contributed by atoms with Crippen molar-refractivity contribution in [2.24, 2.45) is 0 Å². The van der Waals surface area contributed by atoms with E-state index >= 15 is 0 Å². The molecule has 4 heteroatoms. The van der Waals surface area contributed by atoms with E-state index in [0.717, 1.165) is 31.2 Å². The van der Waals surface area contributed by atoms with E-state index < -0.39 is 0 Å². The molecule has 124 valence electrons. The number of hydrogen-bond acceptors (Lipinski definition) is 3. The number of piperazine rings is 1. The summed E-state index contributed by atoms with van der Waals surface area (Å²) in [6, 6.07) is 6.98. The van der Waals surface area contributed by atoms with E-state index in [4.69, 9.17) is 11.6 Å². The molecule has 1 aliphatic heterocycles. The van der Waals surface area contributed by atoms with Gasteiger partial charge in [-0.3, -0.25) is 4.90 Å². The third kappa shape index (κ3) is 4.61. The fourth-order valence-corrected chi connectivity index (χ4v) is 3.48. The second-order valence-electron chi connectivity index (χ2n) is 6.40. The van der Waals surface area contributed by atoms with Gasteiger partial charge in [-0.1, -0.05) is 43.9 Å². The van der Waals surface area contributed by atoms with Crippen LogP contribution < -0.4 is 10.2 Å². The number of nitrogens with zero attached hydrogens (tertiary/aromatic N) is 2. The maximum Gasteiger partial charge on any atom is 0.0474 e. The van der Waals surface area contributed by atoms with Crippen LogP contribution in [0.2, 0.25) is 5.02 Å². The summed E-state index contributed by atoms with van der Waals surface area (Å²) in [6.07, 6.45) is 5.04. The molecule has 1 aromatic carbocycles. The average Bonchev–Trinajstić information content (AvgIpc) is 2.53. The van der Waals surface area contributed by atoms with Crippen molar-refractivity contribution in [1.82, 2.24) is 10.2 Å². The number of hydrogen-bond donors (Lipinski definition) is 1. The Kier molecular flexibility index (Phi) is 7.00. The quantitative estimate of drug-likeness (QED) is 0.767. The first kappa shape index (κ1) is 17.6. The number of benzene rings is 1. The minimum Gasteiger partial charge on any atom is -0.378 e. The summed E-state index contributed by atoms with van der Waals surface area (Å²) in [6.45, 7) is 6.65. The third-order valence-corrected chi connectivity index (χ3v) is 4.86. The van der Waals surface area contributed by atoms with Gasteiger partial charge in [0.15, 0.2) is 0 Å². The van der Waals surface area contributed by atoms with Crippen LogP contribution in [0.3, 0.4) is 0 Å². The lowest BCUT2D eigenvalue weighted by Crippen LogP contribution is -2.45. The molecule has 0 aliphatic carbocycles. The molecule has 1 fully saturated rings. The Bertz CT molecular complexity index is 456. The molecule has 1 saturated heterocycles. The molecule has 1 heterocycles. The number of anilines is 1. The van der Waals surface area contributed by atoms with Gasteiger partial charge in [0.25, 0.3) is 0 Å². The van der Waals surface area contributed by atoms with Crippen molar-refractivity contribution in [3.05, 3.63) is 28.8 Å². The van der Waals surface area contributed by atoms with Gasteiger partial charge in [-0.05, 0) is 24.1 Å².